The maximum absolute atomic E-state index is 13.7. The monoisotopic (exact) mass is 472 g/mol. The first kappa shape index (κ1) is 24.9. The molecule has 0 aliphatic heterocycles. The third-order valence-corrected chi connectivity index (χ3v) is 6.50. The number of halogens is 1. The van der Waals surface area contributed by atoms with E-state index >= 15 is 0 Å². The zero-order chi connectivity index (χ0) is 23.8. The van der Waals surface area contributed by atoms with Crippen LogP contribution in [0.4, 0.5) is 0 Å². The first-order valence-electron chi connectivity index (χ1n) is 11.4. The number of methoxy groups -OCH3 is 2. The predicted octanol–water partition coefficient (Wildman–Crippen LogP) is 4.71. The topological polar surface area (TPSA) is 67.9 Å². The Labute approximate surface area is 201 Å². The fourth-order valence-corrected chi connectivity index (χ4v) is 4.51. The standard InChI is InChI=1S/C26H33ClN2O4/c1-18-9-12-21(13-10-18)28-26(31)25(20-11-14-22(32-2)23(15-20)33-3)29(24(30)16-27)17-19-7-5-4-6-8-19/h4-8,11,14-15,18,21,25H,9-10,12-13,16-17H2,1-3H3,(H,28,31)/t18?,21?,25-/m0/s1. The van der Waals surface area contributed by atoms with Gasteiger partial charge in [-0.25, -0.2) is 0 Å². The summed E-state index contributed by atoms with van der Waals surface area (Å²) in [6.45, 7) is 2.51. The summed E-state index contributed by atoms with van der Waals surface area (Å²) in [4.78, 5) is 28.2. The normalized spacial score (nSPS) is 18.8. The van der Waals surface area contributed by atoms with Gasteiger partial charge in [-0.3, -0.25) is 9.59 Å². The van der Waals surface area contributed by atoms with E-state index in [1.54, 1.807) is 37.3 Å². The number of carbonyl (C=O) groups excluding carboxylic acids is 2. The summed E-state index contributed by atoms with van der Waals surface area (Å²) in [7, 11) is 3.11. The van der Waals surface area contributed by atoms with Crippen molar-refractivity contribution in [2.24, 2.45) is 5.92 Å². The highest BCUT2D eigenvalue weighted by Crippen LogP contribution is 2.33. The zero-order valence-corrected chi connectivity index (χ0v) is 20.3. The van der Waals surface area contributed by atoms with Crippen molar-refractivity contribution < 1.29 is 19.1 Å². The molecule has 6 nitrogen and oxygen atoms in total. The van der Waals surface area contributed by atoms with Crippen LogP contribution in [0.25, 0.3) is 0 Å². The lowest BCUT2D eigenvalue weighted by molar-refractivity contribution is -0.140. The van der Waals surface area contributed by atoms with Crippen molar-refractivity contribution in [3.63, 3.8) is 0 Å². The molecule has 1 atom stereocenters. The fourth-order valence-electron chi connectivity index (χ4n) is 4.36. The Morgan fingerprint density at radius 2 is 1.70 bits per heavy atom. The second-order valence-corrected chi connectivity index (χ2v) is 8.89. The third-order valence-electron chi connectivity index (χ3n) is 6.28. The van der Waals surface area contributed by atoms with Crippen LogP contribution >= 0.6 is 11.6 Å². The second-order valence-electron chi connectivity index (χ2n) is 8.62. The maximum Gasteiger partial charge on any atom is 0.247 e. The number of alkyl halides is 1. The minimum Gasteiger partial charge on any atom is -0.493 e. The van der Waals surface area contributed by atoms with Crippen molar-refractivity contribution in [1.29, 1.82) is 0 Å². The fraction of sp³-hybridized carbons (Fsp3) is 0.462. The Bertz CT molecular complexity index is 929. The summed E-state index contributed by atoms with van der Waals surface area (Å²) < 4.78 is 10.8. The lowest BCUT2D eigenvalue weighted by Crippen LogP contribution is -2.47. The van der Waals surface area contributed by atoms with Gasteiger partial charge in [-0.05, 0) is 54.9 Å². The summed E-state index contributed by atoms with van der Waals surface area (Å²) in [5.41, 5.74) is 1.56. The predicted molar refractivity (Wildman–Crippen MR) is 130 cm³/mol. The molecule has 1 aliphatic carbocycles. The highest BCUT2D eigenvalue weighted by molar-refractivity contribution is 6.27. The molecular weight excluding hydrogens is 440 g/mol. The molecule has 1 saturated carbocycles. The van der Waals surface area contributed by atoms with Gasteiger partial charge in [-0.1, -0.05) is 43.3 Å². The molecule has 1 fully saturated rings. The van der Waals surface area contributed by atoms with Crippen molar-refractivity contribution in [3.05, 3.63) is 59.7 Å². The van der Waals surface area contributed by atoms with Gasteiger partial charge in [0.15, 0.2) is 11.5 Å². The van der Waals surface area contributed by atoms with Crippen LogP contribution in [0.3, 0.4) is 0 Å². The van der Waals surface area contributed by atoms with Crippen LogP contribution in [0.5, 0.6) is 11.5 Å². The summed E-state index contributed by atoms with van der Waals surface area (Å²) >= 11 is 6.00. The van der Waals surface area contributed by atoms with Crippen LogP contribution in [0.15, 0.2) is 48.5 Å². The van der Waals surface area contributed by atoms with Crippen LogP contribution in [0, 0.1) is 5.92 Å². The number of nitrogens with one attached hydrogen (secondary N) is 1. The van der Waals surface area contributed by atoms with Crippen molar-refractivity contribution in [3.8, 4) is 11.5 Å². The van der Waals surface area contributed by atoms with Crippen LogP contribution in [0.1, 0.15) is 49.8 Å². The van der Waals surface area contributed by atoms with Gasteiger partial charge >= 0.3 is 0 Å². The molecule has 1 aliphatic rings. The molecule has 2 amide bonds. The number of nitrogens with zero attached hydrogens (tertiary/aromatic N) is 1. The van der Waals surface area contributed by atoms with E-state index in [9.17, 15) is 9.59 Å². The Hall–Kier alpha value is -2.73. The van der Waals surface area contributed by atoms with Gasteiger partial charge in [0.25, 0.3) is 0 Å². The van der Waals surface area contributed by atoms with E-state index < -0.39 is 6.04 Å². The Balaban J connectivity index is 1.98. The third kappa shape index (κ3) is 6.41. The number of carbonyl (C=O) groups is 2. The Morgan fingerprint density at radius 3 is 2.30 bits per heavy atom. The van der Waals surface area contributed by atoms with Gasteiger partial charge < -0.3 is 19.7 Å². The molecule has 2 aromatic carbocycles. The van der Waals surface area contributed by atoms with E-state index in [1.807, 2.05) is 30.3 Å². The van der Waals surface area contributed by atoms with Gasteiger partial charge in [-0.2, -0.15) is 0 Å². The molecule has 2 aromatic rings. The number of hydrogen-bond acceptors (Lipinski definition) is 4. The minimum atomic E-state index is -0.851. The van der Waals surface area contributed by atoms with Crippen LogP contribution in [-0.4, -0.2) is 42.9 Å². The molecule has 33 heavy (non-hydrogen) atoms. The molecule has 0 unspecified atom stereocenters. The lowest BCUT2D eigenvalue weighted by Gasteiger charge is -2.34. The molecule has 3 rings (SSSR count). The molecule has 178 valence electrons. The number of benzene rings is 2. The molecular formula is C26H33ClN2O4. The first-order valence-corrected chi connectivity index (χ1v) is 11.9. The molecule has 0 heterocycles. The van der Waals surface area contributed by atoms with E-state index in [-0.39, 0.29) is 30.3 Å². The average Bonchev–Trinajstić information content (AvgIpc) is 2.85. The second kappa shape index (κ2) is 11.9. The molecule has 1 N–H and O–H groups in total. The van der Waals surface area contributed by atoms with E-state index in [0.29, 0.717) is 23.0 Å². The van der Waals surface area contributed by atoms with Gasteiger partial charge in [-0.15, -0.1) is 11.6 Å². The van der Waals surface area contributed by atoms with Gasteiger partial charge in [0.1, 0.15) is 11.9 Å². The molecule has 7 heteroatoms. The van der Waals surface area contributed by atoms with Crippen LogP contribution < -0.4 is 14.8 Å². The van der Waals surface area contributed by atoms with Crippen LogP contribution in [0.2, 0.25) is 0 Å². The lowest BCUT2D eigenvalue weighted by atomic mass is 9.87. The van der Waals surface area contributed by atoms with Gasteiger partial charge in [0, 0.05) is 12.6 Å². The van der Waals surface area contributed by atoms with E-state index in [1.165, 1.54) is 0 Å². The van der Waals surface area contributed by atoms with E-state index in [0.717, 1.165) is 31.2 Å². The molecule has 0 saturated heterocycles. The highest BCUT2D eigenvalue weighted by Gasteiger charge is 2.33. The van der Waals surface area contributed by atoms with Crippen LogP contribution in [-0.2, 0) is 16.1 Å². The molecule has 0 spiro atoms. The van der Waals surface area contributed by atoms with Crippen molar-refractivity contribution in [1.82, 2.24) is 10.2 Å². The highest BCUT2D eigenvalue weighted by atomic mass is 35.5. The molecule has 0 bridgehead atoms. The zero-order valence-electron chi connectivity index (χ0n) is 19.6. The summed E-state index contributed by atoms with van der Waals surface area (Å²) in [6, 6.07) is 14.2. The largest absolute Gasteiger partial charge is 0.493 e. The van der Waals surface area contributed by atoms with E-state index in [2.05, 4.69) is 12.2 Å². The minimum absolute atomic E-state index is 0.0982. The van der Waals surface area contributed by atoms with E-state index in [4.69, 9.17) is 21.1 Å². The number of amides is 2. The van der Waals surface area contributed by atoms with Gasteiger partial charge in [0.05, 0.1) is 14.2 Å². The smallest absolute Gasteiger partial charge is 0.247 e. The summed E-state index contributed by atoms with van der Waals surface area (Å²) in [5, 5.41) is 3.20. The number of rotatable bonds is 9. The van der Waals surface area contributed by atoms with Crippen molar-refractivity contribution >= 4 is 23.4 Å². The van der Waals surface area contributed by atoms with Crippen molar-refractivity contribution in [2.45, 2.75) is 51.2 Å². The molecule has 0 radical (unpaired) electrons. The Morgan fingerprint density at radius 1 is 1.03 bits per heavy atom. The summed E-state index contributed by atoms with van der Waals surface area (Å²) in [5.74, 6) is 0.985. The number of hydrogen-bond donors (Lipinski definition) is 1. The SMILES string of the molecule is COc1ccc([C@@H](C(=O)NC2CCC(C)CC2)N(Cc2ccccc2)C(=O)CCl)cc1OC. The Kier molecular flexibility index (Phi) is 9.01. The summed E-state index contributed by atoms with van der Waals surface area (Å²) in [6.07, 6.45) is 4.04. The number of ether oxygens (including phenoxy) is 2. The average molecular weight is 473 g/mol. The van der Waals surface area contributed by atoms with Gasteiger partial charge in [0.2, 0.25) is 11.8 Å². The first-order chi connectivity index (χ1) is 16.0. The van der Waals surface area contributed by atoms with Crippen molar-refractivity contribution in [2.75, 3.05) is 20.1 Å². The molecule has 0 aromatic heterocycles. The quantitative estimate of drug-likeness (QED) is 0.537. The maximum atomic E-state index is 13.7.